The molecule has 0 saturated carbocycles. The van der Waals surface area contributed by atoms with Crippen LogP contribution in [0.2, 0.25) is 5.02 Å². The summed E-state index contributed by atoms with van der Waals surface area (Å²) in [4.78, 5) is 18.6. The summed E-state index contributed by atoms with van der Waals surface area (Å²) in [6.45, 7) is 4.72. The number of halogens is 1. The molecule has 1 aliphatic heterocycles. The molecule has 5 rings (SSSR count). The second kappa shape index (κ2) is 13.8. The van der Waals surface area contributed by atoms with Crippen LogP contribution in [0.4, 0.5) is 11.6 Å². The molecule has 1 aromatic heterocycles. The number of nitrogens with one attached hydrogen (secondary N) is 2. The molecule has 10 heteroatoms. The third kappa shape index (κ3) is 6.74. The number of aromatic nitrogens is 3. The Morgan fingerprint density at radius 2 is 1.83 bits per heavy atom. The minimum absolute atomic E-state index is 0.263. The van der Waals surface area contributed by atoms with Crippen molar-refractivity contribution >= 4 is 40.9 Å². The lowest BCUT2D eigenvalue weighted by Gasteiger charge is -2.29. The van der Waals surface area contributed by atoms with Crippen LogP contribution in [0.1, 0.15) is 50.3 Å². The number of allylic oxidation sites excluding steroid dienone is 1. The van der Waals surface area contributed by atoms with Gasteiger partial charge in [-0.05, 0) is 54.8 Å². The molecule has 1 amide bonds. The van der Waals surface area contributed by atoms with Crippen molar-refractivity contribution in [3.63, 3.8) is 0 Å². The van der Waals surface area contributed by atoms with Gasteiger partial charge in [-0.1, -0.05) is 85.6 Å². The number of anilines is 2. The number of thioether (sulfide) groups is 1. The number of para-hydroxylation sites is 2. The van der Waals surface area contributed by atoms with Gasteiger partial charge in [-0.3, -0.25) is 4.79 Å². The highest BCUT2D eigenvalue weighted by atomic mass is 35.5. The van der Waals surface area contributed by atoms with Gasteiger partial charge in [0, 0.05) is 16.5 Å². The fraction of sp³-hybridized carbons (Fsp3) is 0.281. The Morgan fingerprint density at radius 3 is 2.60 bits per heavy atom. The molecule has 0 aliphatic carbocycles. The van der Waals surface area contributed by atoms with E-state index in [2.05, 4.69) is 17.6 Å². The number of hydrogen-bond donors (Lipinski definition) is 2. The van der Waals surface area contributed by atoms with Gasteiger partial charge in [0.2, 0.25) is 11.1 Å². The van der Waals surface area contributed by atoms with Crippen LogP contribution in [-0.4, -0.2) is 34.4 Å². The minimum Gasteiger partial charge on any atom is -0.495 e. The molecule has 3 aromatic carbocycles. The number of amides is 1. The lowest BCUT2D eigenvalue weighted by molar-refractivity contribution is -0.113. The van der Waals surface area contributed by atoms with Crippen LogP contribution < -0.4 is 20.1 Å². The van der Waals surface area contributed by atoms with E-state index < -0.39 is 6.04 Å². The Kier molecular flexibility index (Phi) is 9.71. The van der Waals surface area contributed by atoms with Gasteiger partial charge in [0.05, 0.1) is 25.0 Å². The number of unbranched alkanes of at least 4 members (excludes halogenated alkanes) is 2. The van der Waals surface area contributed by atoms with E-state index in [-0.39, 0.29) is 5.91 Å². The van der Waals surface area contributed by atoms with Crippen molar-refractivity contribution in [2.45, 2.75) is 50.1 Å². The van der Waals surface area contributed by atoms with Crippen LogP contribution in [0.25, 0.3) is 0 Å². The number of carbonyl (C=O) groups is 1. The SMILES string of the molecule is CCCCCOc1ccc(C2C(C(=O)Nc3ccccc3OC)=C(C)Nc3nc(SCc4ccccc4Cl)nn32)cc1. The number of rotatable bonds is 12. The number of hydrogen-bond acceptors (Lipinski definition) is 7. The van der Waals surface area contributed by atoms with E-state index in [0.717, 1.165) is 36.1 Å². The van der Waals surface area contributed by atoms with Crippen LogP contribution in [-0.2, 0) is 10.5 Å². The number of methoxy groups -OCH3 is 1. The van der Waals surface area contributed by atoms with E-state index in [1.165, 1.54) is 11.8 Å². The standard InChI is InChI=1S/C32H34ClN5O3S/c1-4-5-10-19-41-24-17-15-22(16-18-24)29-28(30(39)35-26-13-8-9-14-27(26)40-3)21(2)34-31-36-32(37-38(29)31)42-20-23-11-6-7-12-25(23)33/h6-9,11-18,29H,4-5,10,19-20H2,1-3H3,(H,35,39)(H,34,36,37). The van der Waals surface area contributed by atoms with Gasteiger partial charge in [0.1, 0.15) is 17.5 Å². The third-order valence-electron chi connectivity index (χ3n) is 6.96. The fourth-order valence-electron chi connectivity index (χ4n) is 4.78. The monoisotopic (exact) mass is 603 g/mol. The molecule has 1 unspecified atom stereocenters. The van der Waals surface area contributed by atoms with Crippen molar-refractivity contribution in [3.8, 4) is 11.5 Å². The molecule has 4 aromatic rings. The van der Waals surface area contributed by atoms with E-state index >= 15 is 0 Å². The van der Waals surface area contributed by atoms with Gasteiger partial charge in [0.15, 0.2) is 0 Å². The predicted octanol–water partition coefficient (Wildman–Crippen LogP) is 7.73. The van der Waals surface area contributed by atoms with Crippen molar-refractivity contribution in [2.75, 3.05) is 24.4 Å². The van der Waals surface area contributed by atoms with E-state index in [0.29, 0.717) is 51.2 Å². The Balaban J connectivity index is 1.46. The normalized spacial score (nSPS) is 14.2. The highest BCUT2D eigenvalue weighted by molar-refractivity contribution is 7.98. The number of benzene rings is 3. The van der Waals surface area contributed by atoms with Gasteiger partial charge in [-0.15, -0.1) is 5.10 Å². The second-order valence-electron chi connectivity index (χ2n) is 9.89. The van der Waals surface area contributed by atoms with Crippen LogP contribution in [0, 0.1) is 0 Å². The molecule has 0 spiro atoms. The number of carbonyl (C=O) groups excluding carboxylic acids is 1. The third-order valence-corrected chi connectivity index (χ3v) is 8.22. The van der Waals surface area contributed by atoms with Gasteiger partial charge in [-0.2, -0.15) is 4.98 Å². The Morgan fingerprint density at radius 1 is 1.07 bits per heavy atom. The summed E-state index contributed by atoms with van der Waals surface area (Å²) in [5.74, 6) is 2.28. The first-order valence-corrected chi connectivity index (χ1v) is 15.3. The van der Waals surface area contributed by atoms with Crippen LogP contribution in [0.3, 0.4) is 0 Å². The molecule has 42 heavy (non-hydrogen) atoms. The minimum atomic E-state index is -0.521. The summed E-state index contributed by atoms with van der Waals surface area (Å²) in [6.07, 6.45) is 3.29. The molecule has 0 bridgehead atoms. The van der Waals surface area contributed by atoms with Gasteiger partial charge >= 0.3 is 0 Å². The van der Waals surface area contributed by atoms with Crippen LogP contribution in [0.5, 0.6) is 11.5 Å². The molecule has 8 nitrogen and oxygen atoms in total. The topological polar surface area (TPSA) is 90.3 Å². The largest absolute Gasteiger partial charge is 0.495 e. The molecule has 0 saturated heterocycles. The lowest BCUT2D eigenvalue weighted by atomic mass is 9.95. The molecule has 218 valence electrons. The first-order chi connectivity index (χ1) is 20.5. The zero-order chi connectivity index (χ0) is 29.5. The van der Waals surface area contributed by atoms with Crippen molar-refractivity contribution in [3.05, 3.63) is 100 Å². The molecule has 1 aliphatic rings. The van der Waals surface area contributed by atoms with Gasteiger partial charge in [-0.25, -0.2) is 4.68 Å². The molecule has 0 fully saturated rings. The number of ether oxygens (including phenoxy) is 2. The van der Waals surface area contributed by atoms with E-state index in [1.807, 2.05) is 79.7 Å². The average molecular weight is 604 g/mol. The summed E-state index contributed by atoms with van der Waals surface area (Å²) < 4.78 is 13.2. The summed E-state index contributed by atoms with van der Waals surface area (Å²) in [7, 11) is 1.58. The van der Waals surface area contributed by atoms with Crippen LogP contribution in [0.15, 0.2) is 89.2 Å². The zero-order valence-electron chi connectivity index (χ0n) is 23.9. The van der Waals surface area contributed by atoms with Crippen molar-refractivity contribution in [1.29, 1.82) is 0 Å². The number of fused-ring (bicyclic) bond motifs is 1. The van der Waals surface area contributed by atoms with Gasteiger partial charge in [0.25, 0.3) is 5.91 Å². The van der Waals surface area contributed by atoms with E-state index in [4.69, 9.17) is 31.2 Å². The molecule has 2 heterocycles. The van der Waals surface area contributed by atoms with Crippen molar-refractivity contribution < 1.29 is 14.3 Å². The highest BCUT2D eigenvalue weighted by Crippen LogP contribution is 2.38. The maximum Gasteiger partial charge on any atom is 0.255 e. The number of nitrogens with zero attached hydrogens (tertiary/aromatic N) is 3. The summed E-state index contributed by atoms with van der Waals surface area (Å²) in [5.41, 5.74) is 3.69. The van der Waals surface area contributed by atoms with E-state index in [9.17, 15) is 4.79 Å². The quantitative estimate of drug-likeness (QED) is 0.126. The Labute approximate surface area is 255 Å². The molecule has 2 N–H and O–H groups in total. The smallest absolute Gasteiger partial charge is 0.255 e. The molecule has 1 atom stereocenters. The zero-order valence-corrected chi connectivity index (χ0v) is 25.5. The summed E-state index contributed by atoms with van der Waals surface area (Å²) in [6, 6.07) is 22.4. The average Bonchev–Trinajstić information content (AvgIpc) is 3.41. The van der Waals surface area contributed by atoms with Crippen molar-refractivity contribution in [2.24, 2.45) is 0 Å². The first kappa shape index (κ1) is 29.5. The maximum absolute atomic E-state index is 13.9. The van der Waals surface area contributed by atoms with Gasteiger partial charge < -0.3 is 20.1 Å². The van der Waals surface area contributed by atoms with Crippen LogP contribution >= 0.6 is 23.4 Å². The summed E-state index contributed by atoms with van der Waals surface area (Å²) >= 11 is 7.86. The van der Waals surface area contributed by atoms with E-state index in [1.54, 1.807) is 11.8 Å². The second-order valence-corrected chi connectivity index (χ2v) is 11.2. The molecular formula is C32H34ClN5O3S. The predicted molar refractivity (Wildman–Crippen MR) is 169 cm³/mol. The lowest BCUT2D eigenvalue weighted by Crippen LogP contribution is -2.31. The summed E-state index contributed by atoms with van der Waals surface area (Å²) in [5, 5.41) is 12.5. The molecular weight excluding hydrogens is 570 g/mol. The Hall–Kier alpha value is -3.95. The highest BCUT2D eigenvalue weighted by Gasteiger charge is 2.34. The maximum atomic E-state index is 13.9. The first-order valence-electron chi connectivity index (χ1n) is 14.0. The Bertz CT molecular complexity index is 1570. The fourth-order valence-corrected chi connectivity index (χ4v) is 5.89. The van der Waals surface area contributed by atoms with Crippen molar-refractivity contribution in [1.82, 2.24) is 14.8 Å². The molecule has 0 radical (unpaired) electrons.